The van der Waals surface area contributed by atoms with E-state index in [0.717, 1.165) is 12.8 Å². The third kappa shape index (κ3) is 32.1. The van der Waals surface area contributed by atoms with E-state index in [1.54, 1.807) is 0 Å². The summed E-state index contributed by atoms with van der Waals surface area (Å²) in [7, 11) is 0. The van der Waals surface area contributed by atoms with E-state index in [1.165, 1.54) is 0 Å². The Morgan fingerprint density at radius 2 is 2.00 bits per heavy atom. The van der Waals surface area contributed by atoms with Crippen molar-refractivity contribution in [3.05, 3.63) is 0 Å². The molecule has 0 amide bonds. The zero-order valence-corrected chi connectivity index (χ0v) is 6.49. The van der Waals surface area contributed by atoms with Crippen LogP contribution < -0.4 is 0 Å². The van der Waals surface area contributed by atoms with Gasteiger partial charge in [0, 0.05) is 6.61 Å². The van der Waals surface area contributed by atoms with Crippen LogP contribution in [0.4, 0.5) is 0 Å². The van der Waals surface area contributed by atoms with Crippen LogP contribution in [0.15, 0.2) is 0 Å². The first-order chi connectivity index (χ1) is 3.83. The quantitative estimate of drug-likeness (QED) is 0.556. The van der Waals surface area contributed by atoms with Gasteiger partial charge in [-0.3, -0.25) is 0 Å². The van der Waals surface area contributed by atoms with E-state index in [0.29, 0.717) is 6.61 Å². The normalized spacial score (nSPS) is 6.38. The fraction of sp³-hybridized carbons (Fsp3) is 1.00. The van der Waals surface area contributed by atoms with Gasteiger partial charge < -0.3 is 5.11 Å². The Hall–Kier alpha value is 0.434. The maximum absolute atomic E-state index is 8.61. The molecule has 0 aliphatic carbocycles. The molecule has 0 atom stereocenters. The van der Waals surface area contributed by atoms with Crippen molar-refractivity contribution < 1.29 is 31.6 Å². The Balaban J connectivity index is 0. The first-order valence-corrected chi connectivity index (χ1v) is 3.79. The van der Waals surface area contributed by atoms with Gasteiger partial charge in [-0.1, -0.05) is 13.3 Å². The summed E-state index contributed by atoms with van der Waals surface area (Å²) in [5, 5.41) is 8.07. The molecule has 0 rings (SSSR count). The molecule has 0 fully saturated rings. The van der Waals surface area contributed by atoms with Crippen LogP contribution in [0.25, 0.3) is 0 Å². The zero-order chi connectivity index (χ0) is 6.83. The van der Waals surface area contributed by atoms with Gasteiger partial charge in [0.25, 0.3) is 0 Å². The molecule has 4 heteroatoms. The maximum atomic E-state index is 8.61. The zero-order valence-electron chi connectivity index (χ0n) is 4.92. The molecule has 0 radical (unpaired) electrons. The van der Waals surface area contributed by atoms with Crippen LogP contribution in [0.1, 0.15) is 19.8 Å². The van der Waals surface area contributed by atoms with Crippen molar-refractivity contribution in [1.29, 1.82) is 0 Å². The summed E-state index contributed by atoms with van der Waals surface area (Å²) in [6.45, 7) is 2.40. The van der Waals surface area contributed by atoms with Crippen molar-refractivity contribution in [1.82, 2.24) is 0 Å². The summed E-state index contributed by atoms with van der Waals surface area (Å²) < 4.78 is 15.8. The van der Waals surface area contributed by atoms with Crippen LogP contribution >= 0.6 is 0 Å². The van der Waals surface area contributed by atoms with Gasteiger partial charge in [-0.05, 0) is 6.42 Å². The first kappa shape index (κ1) is 11.3. The van der Waals surface area contributed by atoms with E-state index in [2.05, 4.69) is 6.92 Å². The van der Waals surface area contributed by atoms with E-state index in [-0.39, 0.29) is 0 Å². The molecule has 0 bridgehead atoms. The van der Waals surface area contributed by atoms with Gasteiger partial charge in [-0.25, -0.2) is 0 Å². The molecule has 0 aliphatic rings. The predicted molar refractivity (Wildman–Crippen MR) is 24.9 cm³/mol. The molecule has 0 aromatic rings. The average molecular weight is 155 g/mol. The van der Waals surface area contributed by atoms with Crippen LogP contribution in [-0.2, 0) is 22.8 Å². The van der Waals surface area contributed by atoms with Gasteiger partial charge >= 0.3 is 26.5 Å². The summed E-state index contributed by atoms with van der Waals surface area (Å²) in [6, 6.07) is 0. The van der Waals surface area contributed by atoms with Crippen LogP contribution in [0, 0.1) is 0 Å². The van der Waals surface area contributed by atoms with Crippen molar-refractivity contribution in [2.75, 3.05) is 6.61 Å². The Morgan fingerprint density at radius 1 is 1.62 bits per heavy atom. The van der Waals surface area contributed by atoms with Crippen LogP contribution in [0.3, 0.4) is 0 Å². The fourth-order valence-electron chi connectivity index (χ4n) is 0.158. The van der Waals surface area contributed by atoms with E-state index in [9.17, 15) is 0 Å². The summed E-state index contributed by atoms with van der Waals surface area (Å²) in [5.41, 5.74) is 0. The summed E-state index contributed by atoms with van der Waals surface area (Å²) in [5.74, 6) is 0. The molecular formula is C4H11O3Ti. The van der Waals surface area contributed by atoms with Crippen LogP contribution in [0.5, 0.6) is 0 Å². The first-order valence-electron chi connectivity index (χ1n) is 2.45. The van der Waals surface area contributed by atoms with Crippen molar-refractivity contribution in [3.8, 4) is 0 Å². The third-order valence-corrected chi connectivity index (χ3v) is 0.512. The minimum atomic E-state index is -1.75. The Bertz CT molecular complexity index is 38.3. The Labute approximate surface area is 58.4 Å². The molecule has 0 aromatic carbocycles. The standard InChI is InChI=1S/C4H10O.H2O.O.Ti/c1-2-3-4-5;;;/h5H,2-4H2,1H3;1H2;;/q;;;+1/p-1. The summed E-state index contributed by atoms with van der Waals surface area (Å²) >= 11 is -1.75. The molecule has 0 unspecified atom stereocenters. The molecule has 0 aromatic heterocycles. The molecule has 3 nitrogen and oxygen atoms in total. The number of unbranched alkanes of at least 4 members (excludes halogenated alkanes) is 1. The monoisotopic (exact) mass is 155 g/mol. The van der Waals surface area contributed by atoms with Crippen LogP contribution in [-0.4, -0.2) is 15.4 Å². The van der Waals surface area contributed by atoms with Crippen molar-refractivity contribution in [3.63, 3.8) is 0 Å². The van der Waals surface area contributed by atoms with Gasteiger partial charge in [0.2, 0.25) is 0 Å². The molecule has 0 saturated carbocycles. The molecule has 2 N–H and O–H groups in total. The molecule has 0 saturated heterocycles. The second kappa shape index (κ2) is 15.7. The van der Waals surface area contributed by atoms with E-state index < -0.39 is 19.5 Å². The van der Waals surface area contributed by atoms with Gasteiger partial charge in [0.05, 0.1) is 0 Å². The van der Waals surface area contributed by atoms with Gasteiger partial charge in [0.1, 0.15) is 0 Å². The molecule has 49 valence electrons. The molecule has 0 aliphatic heterocycles. The topological polar surface area (TPSA) is 57.5 Å². The SMILES string of the molecule is CCCCO.[O]=[Ti][OH]. The second-order valence-electron chi connectivity index (χ2n) is 1.17. The number of aliphatic hydroxyl groups excluding tert-OH is 1. The van der Waals surface area contributed by atoms with Crippen molar-refractivity contribution >= 4 is 0 Å². The Kier molecular flexibility index (Phi) is 22.0. The third-order valence-electron chi connectivity index (χ3n) is 0.512. The fourth-order valence-corrected chi connectivity index (χ4v) is 0.158. The van der Waals surface area contributed by atoms with Crippen molar-refractivity contribution in [2.24, 2.45) is 0 Å². The second-order valence-corrected chi connectivity index (χ2v) is 1.45. The molecule has 8 heavy (non-hydrogen) atoms. The van der Waals surface area contributed by atoms with Crippen LogP contribution in [0.2, 0.25) is 0 Å². The van der Waals surface area contributed by atoms with E-state index in [4.69, 9.17) is 12.1 Å². The summed E-state index contributed by atoms with van der Waals surface area (Å²) in [4.78, 5) is 0. The molecular weight excluding hydrogens is 144 g/mol. The average Bonchev–Trinajstić information content (AvgIpc) is 1.71. The molecule has 0 heterocycles. The van der Waals surface area contributed by atoms with Gasteiger partial charge in [-0.2, -0.15) is 0 Å². The number of aliphatic hydroxyl groups is 1. The van der Waals surface area contributed by atoms with E-state index >= 15 is 0 Å². The van der Waals surface area contributed by atoms with E-state index in [1.807, 2.05) is 0 Å². The number of rotatable bonds is 2. The Morgan fingerprint density at radius 3 is 2.00 bits per heavy atom. The van der Waals surface area contributed by atoms with Gasteiger partial charge in [-0.15, -0.1) is 0 Å². The predicted octanol–water partition coefficient (Wildman–Crippen LogP) is 0.101. The minimum absolute atomic E-state index is 0.344. The number of hydrogen-bond donors (Lipinski definition) is 2. The number of hydrogen-bond acceptors (Lipinski definition) is 2. The van der Waals surface area contributed by atoms with Crippen molar-refractivity contribution in [2.45, 2.75) is 19.8 Å². The van der Waals surface area contributed by atoms with Gasteiger partial charge in [0.15, 0.2) is 0 Å². The molecule has 0 spiro atoms. The summed E-state index contributed by atoms with van der Waals surface area (Å²) in [6.07, 6.45) is 2.04.